The van der Waals surface area contributed by atoms with Gasteiger partial charge in [0.1, 0.15) is 5.75 Å². The van der Waals surface area contributed by atoms with Gasteiger partial charge in [-0.3, -0.25) is 9.69 Å². The number of nitrogens with zero attached hydrogens (tertiary/aromatic N) is 2. The van der Waals surface area contributed by atoms with Gasteiger partial charge in [0.05, 0.1) is 18.6 Å². The van der Waals surface area contributed by atoms with Crippen LogP contribution in [0.3, 0.4) is 0 Å². The SMILES string of the molecule is CCOc1cccc(C2=CSC([C@]3(C)CC(=O)N(C)C(N)=N3)C2)c1. The van der Waals surface area contributed by atoms with Gasteiger partial charge in [0.15, 0.2) is 5.96 Å². The van der Waals surface area contributed by atoms with E-state index in [0.717, 1.165) is 17.7 Å². The van der Waals surface area contributed by atoms with Gasteiger partial charge in [-0.15, -0.1) is 11.8 Å². The summed E-state index contributed by atoms with van der Waals surface area (Å²) >= 11 is 1.74. The number of aliphatic imine (C=N–C) groups is 1. The van der Waals surface area contributed by atoms with E-state index in [0.29, 0.717) is 19.0 Å². The number of guanidine groups is 1. The molecule has 0 fully saturated rings. The summed E-state index contributed by atoms with van der Waals surface area (Å²) in [6.45, 7) is 4.66. The maximum Gasteiger partial charge on any atom is 0.231 e. The molecule has 1 aromatic carbocycles. The number of amides is 1. The lowest BCUT2D eigenvalue weighted by atomic mass is 9.87. The standard InChI is InChI=1S/C18H23N3O2S/c1-4-23-14-7-5-6-12(8-14)13-9-15(24-11-13)18(2)10-16(22)21(3)17(19)20-18/h5-8,11,15H,4,9-10H2,1-3H3,(H2,19,20)/t15?,18-/m0/s1. The van der Waals surface area contributed by atoms with Crippen LogP contribution in [-0.2, 0) is 4.79 Å². The first-order valence-corrected chi connectivity index (χ1v) is 9.07. The zero-order chi connectivity index (χ0) is 17.3. The topological polar surface area (TPSA) is 67.9 Å². The summed E-state index contributed by atoms with van der Waals surface area (Å²) in [7, 11) is 1.67. The third-order valence-corrected chi connectivity index (χ3v) is 6.01. The maximum atomic E-state index is 12.2. The molecule has 5 nitrogen and oxygen atoms in total. The maximum absolute atomic E-state index is 12.2. The van der Waals surface area contributed by atoms with Crippen LogP contribution in [0, 0.1) is 0 Å². The highest BCUT2D eigenvalue weighted by Gasteiger charge is 2.43. The smallest absolute Gasteiger partial charge is 0.231 e. The van der Waals surface area contributed by atoms with Crippen molar-refractivity contribution >= 4 is 29.2 Å². The van der Waals surface area contributed by atoms with Crippen LogP contribution in [0.15, 0.2) is 34.7 Å². The Morgan fingerprint density at radius 2 is 2.29 bits per heavy atom. The number of rotatable bonds is 4. The van der Waals surface area contributed by atoms with Gasteiger partial charge in [0.25, 0.3) is 0 Å². The predicted octanol–water partition coefficient (Wildman–Crippen LogP) is 2.87. The minimum atomic E-state index is -0.464. The molecule has 2 heterocycles. The lowest BCUT2D eigenvalue weighted by Crippen LogP contribution is -2.51. The molecule has 6 heteroatoms. The van der Waals surface area contributed by atoms with Crippen molar-refractivity contribution in [2.24, 2.45) is 10.7 Å². The van der Waals surface area contributed by atoms with Gasteiger partial charge in [0, 0.05) is 12.3 Å². The van der Waals surface area contributed by atoms with Gasteiger partial charge in [-0.25, -0.2) is 4.99 Å². The van der Waals surface area contributed by atoms with E-state index in [1.807, 2.05) is 26.0 Å². The van der Waals surface area contributed by atoms with Crippen molar-refractivity contribution in [2.45, 2.75) is 37.5 Å². The first-order chi connectivity index (χ1) is 11.4. The Balaban J connectivity index is 1.77. The molecule has 24 heavy (non-hydrogen) atoms. The number of benzene rings is 1. The Kier molecular flexibility index (Phi) is 4.58. The third kappa shape index (κ3) is 3.15. The molecule has 0 saturated heterocycles. The largest absolute Gasteiger partial charge is 0.494 e. The van der Waals surface area contributed by atoms with E-state index < -0.39 is 5.54 Å². The van der Waals surface area contributed by atoms with Gasteiger partial charge >= 0.3 is 0 Å². The van der Waals surface area contributed by atoms with Crippen LogP contribution in [-0.4, -0.2) is 41.2 Å². The van der Waals surface area contributed by atoms with E-state index in [-0.39, 0.29) is 11.2 Å². The van der Waals surface area contributed by atoms with Gasteiger partial charge in [-0.1, -0.05) is 12.1 Å². The molecule has 1 amide bonds. The third-order valence-electron chi connectivity index (χ3n) is 4.59. The van der Waals surface area contributed by atoms with Crippen LogP contribution in [0.2, 0.25) is 0 Å². The highest BCUT2D eigenvalue weighted by atomic mass is 32.2. The summed E-state index contributed by atoms with van der Waals surface area (Å²) in [6, 6.07) is 8.14. The van der Waals surface area contributed by atoms with Crippen LogP contribution in [0.4, 0.5) is 0 Å². The van der Waals surface area contributed by atoms with Crippen molar-refractivity contribution < 1.29 is 9.53 Å². The summed E-state index contributed by atoms with van der Waals surface area (Å²) in [5.41, 5.74) is 7.88. The molecule has 3 rings (SSSR count). The molecule has 2 aliphatic rings. The molecular formula is C18H23N3O2S. The van der Waals surface area contributed by atoms with Gasteiger partial charge in [-0.2, -0.15) is 0 Å². The lowest BCUT2D eigenvalue weighted by molar-refractivity contribution is -0.128. The fourth-order valence-corrected chi connectivity index (χ4v) is 4.35. The van der Waals surface area contributed by atoms with Crippen molar-refractivity contribution in [2.75, 3.05) is 13.7 Å². The molecule has 1 unspecified atom stereocenters. The van der Waals surface area contributed by atoms with Crippen molar-refractivity contribution in [1.29, 1.82) is 0 Å². The normalized spacial score (nSPS) is 27.0. The Morgan fingerprint density at radius 1 is 1.50 bits per heavy atom. The average molecular weight is 345 g/mol. The van der Waals surface area contributed by atoms with E-state index in [2.05, 4.69) is 22.5 Å². The van der Waals surface area contributed by atoms with E-state index in [4.69, 9.17) is 10.5 Å². The fraction of sp³-hybridized carbons (Fsp3) is 0.444. The van der Waals surface area contributed by atoms with Crippen LogP contribution < -0.4 is 10.5 Å². The first-order valence-electron chi connectivity index (χ1n) is 8.12. The molecule has 0 spiro atoms. The number of hydrogen-bond donors (Lipinski definition) is 1. The second-order valence-corrected chi connectivity index (χ2v) is 7.47. The summed E-state index contributed by atoms with van der Waals surface area (Å²) in [5, 5.41) is 2.38. The Morgan fingerprint density at radius 3 is 3.00 bits per heavy atom. The Hall–Kier alpha value is -1.95. The van der Waals surface area contributed by atoms with Crippen LogP contribution >= 0.6 is 11.8 Å². The van der Waals surface area contributed by atoms with Crippen molar-refractivity contribution in [3.8, 4) is 5.75 Å². The quantitative estimate of drug-likeness (QED) is 0.911. The van der Waals surface area contributed by atoms with Crippen LogP contribution in [0.25, 0.3) is 5.57 Å². The van der Waals surface area contributed by atoms with Crippen LogP contribution in [0.5, 0.6) is 5.75 Å². The number of carbonyl (C=O) groups excluding carboxylic acids is 1. The zero-order valence-corrected chi connectivity index (χ0v) is 15.1. The molecule has 0 aromatic heterocycles. The minimum absolute atomic E-state index is 0.0254. The summed E-state index contributed by atoms with van der Waals surface area (Å²) in [5.74, 6) is 1.21. The molecule has 2 aliphatic heterocycles. The molecule has 0 radical (unpaired) electrons. The summed E-state index contributed by atoms with van der Waals surface area (Å²) < 4.78 is 5.59. The molecule has 2 N–H and O–H groups in total. The Labute approximate surface area is 147 Å². The summed E-state index contributed by atoms with van der Waals surface area (Å²) in [6.07, 6.45) is 1.26. The molecule has 2 atom stereocenters. The second-order valence-electron chi connectivity index (χ2n) is 6.39. The molecular weight excluding hydrogens is 322 g/mol. The van der Waals surface area contributed by atoms with Crippen LogP contribution in [0.1, 0.15) is 32.3 Å². The molecule has 0 saturated carbocycles. The number of ether oxygens (including phenoxy) is 1. The monoisotopic (exact) mass is 345 g/mol. The summed E-state index contributed by atoms with van der Waals surface area (Å²) in [4.78, 5) is 18.2. The lowest BCUT2D eigenvalue weighted by Gasteiger charge is -2.37. The number of allylic oxidation sites excluding steroid dienone is 1. The average Bonchev–Trinajstić information content (AvgIpc) is 3.04. The number of hydrogen-bond acceptors (Lipinski definition) is 5. The highest BCUT2D eigenvalue weighted by molar-refractivity contribution is 8.03. The van der Waals surface area contributed by atoms with Gasteiger partial charge < -0.3 is 10.5 Å². The number of nitrogens with two attached hydrogens (primary N) is 1. The fourth-order valence-electron chi connectivity index (χ4n) is 3.08. The molecule has 0 aliphatic carbocycles. The highest BCUT2D eigenvalue weighted by Crippen LogP contribution is 2.45. The molecule has 0 bridgehead atoms. The van der Waals surface area contributed by atoms with Crippen molar-refractivity contribution in [3.05, 3.63) is 35.2 Å². The number of carbonyl (C=O) groups is 1. The Bertz CT molecular complexity index is 716. The van der Waals surface area contributed by atoms with Gasteiger partial charge in [0.2, 0.25) is 5.91 Å². The zero-order valence-electron chi connectivity index (χ0n) is 14.3. The van der Waals surface area contributed by atoms with E-state index in [9.17, 15) is 4.79 Å². The van der Waals surface area contributed by atoms with E-state index >= 15 is 0 Å². The second kappa shape index (κ2) is 6.51. The minimum Gasteiger partial charge on any atom is -0.494 e. The first kappa shape index (κ1) is 16.9. The van der Waals surface area contributed by atoms with Crippen molar-refractivity contribution in [3.63, 3.8) is 0 Å². The van der Waals surface area contributed by atoms with E-state index in [1.165, 1.54) is 10.5 Å². The van der Waals surface area contributed by atoms with E-state index in [1.54, 1.807) is 18.8 Å². The van der Waals surface area contributed by atoms with Gasteiger partial charge in [-0.05, 0) is 48.9 Å². The predicted molar refractivity (Wildman–Crippen MR) is 99.0 cm³/mol. The number of thioether (sulfide) groups is 1. The van der Waals surface area contributed by atoms with Crippen molar-refractivity contribution in [1.82, 2.24) is 4.90 Å². The molecule has 1 aromatic rings. The molecule has 128 valence electrons.